The first-order chi connectivity index (χ1) is 15.7. The van der Waals surface area contributed by atoms with E-state index in [2.05, 4.69) is 6.58 Å². The van der Waals surface area contributed by atoms with E-state index >= 15 is 0 Å². The lowest BCUT2D eigenvalue weighted by Gasteiger charge is -2.26. The van der Waals surface area contributed by atoms with Crippen molar-refractivity contribution in [3.05, 3.63) is 36.6 Å². The van der Waals surface area contributed by atoms with Gasteiger partial charge in [-0.3, -0.25) is 28.9 Å². The van der Waals surface area contributed by atoms with Crippen LogP contribution < -0.4 is 0 Å². The normalized spacial score (nSPS) is 17.5. The number of hydrogen-bond acceptors (Lipinski definition) is 7. The minimum absolute atomic E-state index is 0.0515. The van der Waals surface area contributed by atoms with Crippen molar-refractivity contribution >= 4 is 29.5 Å². The van der Waals surface area contributed by atoms with E-state index in [4.69, 9.17) is 9.47 Å². The van der Waals surface area contributed by atoms with Gasteiger partial charge in [-0.05, 0) is 32.8 Å². The summed E-state index contributed by atoms with van der Waals surface area (Å²) in [6, 6.07) is 0. The summed E-state index contributed by atoms with van der Waals surface area (Å²) in [7, 11) is 0. The molecule has 2 aliphatic rings. The molecule has 9 nitrogen and oxygen atoms in total. The standard InChI is InChI=1S/C24H32N2O7/c1-17(32-18(2)14-25-16-20(27)10-11-21(25)28)8-6-4-5-7-9-24(31)33-19(3)15-26-22(29)12-13-23(26)30/h10-13,18-19H,1,4-9,14-16H2,2-3H3. The zero-order chi connectivity index (χ0) is 24.4. The number of ketones is 1. The quantitative estimate of drug-likeness (QED) is 0.169. The molecule has 0 saturated heterocycles. The predicted octanol–water partition coefficient (Wildman–Crippen LogP) is 2.07. The molecular formula is C24H32N2O7. The number of rotatable bonds is 14. The molecule has 2 aliphatic heterocycles. The molecule has 0 aliphatic carbocycles. The number of allylic oxidation sites excluding steroid dienone is 1. The summed E-state index contributed by atoms with van der Waals surface area (Å²) in [6.45, 7) is 7.85. The summed E-state index contributed by atoms with van der Waals surface area (Å²) in [5.74, 6) is -0.809. The van der Waals surface area contributed by atoms with E-state index in [0.717, 1.165) is 24.2 Å². The summed E-state index contributed by atoms with van der Waals surface area (Å²) < 4.78 is 11.0. The van der Waals surface area contributed by atoms with Crippen LogP contribution >= 0.6 is 0 Å². The average molecular weight is 461 g/mol. The van der Waals surface area contributed by atoms with Gasteiger partial charge in [-0.1, -0.05) is 19.4 Å². The van der Waals surface area contributed by atoms with Crippen LogP contribution in [0.4, 0.5) is 0 Å². The highest BCUT2D eigenvalue weighted by atomic mass is 16.5. The van der Waals surface area contributed by atoms with Gasteiger partial charge in [-0.2, -0.15) is 0 Å². The topological polar surface area (TPSA) is 110 Å². The predicted molar refractivity (Wildman–Crippen MR) is 120 cm³/mol. The molecule has 0 aromatic heterocycles. The van der Waals surface area contributed by atoms with Gasteiger partial charge in [0, 0.05) is 31.1 Å². The number of esters is 1. The first-order valence-corrected chi connectivity index (χ1v) is 11.2. The van der Waals surface area contributed by atoms with E-state index in [1.165, 1.54) is 29.2 Å². The zero-order valence-corrected chi connectivity index (χ0v) is 19.3. The largest absolute Gasteiger partial charge is 0.494 e. The highest BCUT2D eigenvalue weighted by Gasteiger charge is 2.26. The lowest BCUT2D eigenvalue weighted by Crippen LogP contribution is -2.41. The molecule has 33 heavy (non-hydrogen) atoms. The van der Waals surface area contributed by atoms with E-state index in [0.29, 0.717) is 25.1 Å². The Morgan fingerprint density at radius 2 is 1.42 bits per heavy atom. The van der Waals surface area contributed by atoms with E-state index in [-0.39, 0.29) is 43.3 Å². The lowest BCUT2D eigenvalue weighted by atomic mass is 10.1. The number of unbranched alkanes of at least 4 members (excludes halogenated alkanes) is 3. The molecule has 2 unspecified atom stereocenters. The van der Waals surface area contributed by atoms with Crippen molar-refractivity contribution in [3.63, 3.8) is 0 Å². The molecular weight excluding hydrogens is 428 g/mol. The van der Waals surface area contributed by atoms with Crippen LogP contribution in [0, 0.1) is 0 Å². The highest BCUT2D eigenvalue weighted by Crippen LogP contribution is 2.14. The van der Waals surface area contributed by atoms with Crippen molar-refractivity contribution in [2.75, 3.05) is 19.6 Å². The SMILES string of the molecule is C=C(CCCCCCC(=O)OC(C)CN1C(=O)C=CC1=O)OC(C)CN1CC(=O)C=CC1=O. The number of carbonyl (C=O) groups excluding carboxylic acids is 5. The zero-order valence-electron chi connectivity index (χ0n) is 19.3. The van der Waals surface area contributed by atoms with Crippen molar-refractivity contribution in [2.45, 2.75) is 64.6 Å². The van der Waals surface area contributed by atoms with Gasteiger partial charge in [0.15, 0.2) is 5.78 Å². The number of carbonyl (C=O) groups is 5. The first kappa shape index (κ1) is 26.0. The maximum Gasteiger partial charge on any atom is 0.306 e. The maximum atomic E-state index is 11.9. The van der Waals surface area contributed by atoms with Gasteiger partial charge in [0.25, 0.3) is 11.8 Å². The van der Waals surface area contributed by atoms with Gasteiger partial charge in [0.2, 0.25) is 5.91 Å². The molecule has 9 heteroatoms. The van der Waals surface area contributed by atoms with Gasteiger partial charge < -0.3 is 14.4 Å². The molecule has 0 fully saturated rings. The number of imide groups is 1. The molecule has 180 valence electrons. The van der Waals surface area contributed by atoms with Gasteiger partial charge in [0.1, 0.15) is 12.2 Å². The molecule has 0 saturated carbocycles. The Kier molecular flexibility index (Phi) is 10.0. The Morgan fingerprint density at radius 3 is 2.09 bits per heavy atom. The lowest BCUT2D eigenvalue weighted by molar-refractivity contribution is -0.152. The van der Waals surface area contributed by atoms with Crippen LogP contribution in [-0.2, 0) is 33.4 Å². The third-order valence-corrected chi connectivity index (χ3v) is 5.17. The third kappa shape index (κ3) is 9.03. The van der Waals surface area contributed by atoms with Gasteiger partial charge >= 0.3 is 5.97 Å². The molecule has 2 rings (SSSR count). The first-order valence-electron chi connectivity index (χ1n) is 11.2. The summed E-state index contributed by atoms with van der Waals surface area (Å²) in [4.78, 5) is 60.7. The van der Waals surface area contributed by atoms with Crippen molar-refractivity contribution in [1.29, 1.82) is 0 Å². The molecule has 0 aromatic carbocycles. The van der Waals surface area contributed by atoms with Crippen LogP contribution in [0.1, 0.15) is 52.4 Å². The molecule has 0 spiro atoms. The number of nitrogens with zero attached hydrogens (tertiary/aromatic N) is 2. The van der Waals surface area contributed by atoms with Crippen LogP contribution in [-0.4, -0.2) is 71.1 Å². The molecule has 0 radical (unpaired) electrons. The Morgan fingerprint density at radius 1 is 0.848 bits per heavy atom. The average Bonchev–Trinajstić information content (AvgIpc) is 3.05. The molecule has 2 heterocycles. The fraction of sp³-hybridized carbons (Fsp3) is 0.542. The Balaban J connectivity index is 1.51. The fourth-order valence-electron chi connectivity index (χ4n) is 3.57. The van der Waals surface area contributed by atoms with Crippen LogP contribution in [0.5, 0.6) is 0 Å². The van der Waals surface area contributed by atoms with Crippen LogP contribution in [0.15, 0.2) is 36.6 Å². The smallest absolute Gasteiger partial charge is 0.306 e. The van der Waals surface area contributed by atoms with Gasteiger partial charge in [0.05, 0.1) is 25.4 Å². The second kappa shape index (κ2) is 12.7. The van der Waals surface area contributed by atoms with E-state index in [1.807, 2.05) is 6.92 Å². The molecule has 0 bridgehead atoms. The maximum absolute atomic E-state index is 11.9. The van der Waals surface area contributed by atoms with Crippen LogP contribution in [0.2, 0.25) is 0 Å². The second-order valence-electron chi connectivity index (χ2n) is 8.32. The van der Waals surface area contributed by atoms with E-state index in [9.17, 15) is 24.0 Å². The molecule has 0 aromatic rings. The Bertz CT molecular complexity index is 828. The molecule has 0 N–H and O–H groups in total. The molecule has 2 atom stereocenters. The summed E-state index contributed by atoms with van der Waals surface area (Å²) in [6.07, 6.45) is 8.37. The molecule has 3 amide bonds. The van der Waals surface area contributed by atoms with Crippen LogP contribution in [0.25, 0.3) is 0 Å². The number of hydrogen-bond donors (Lipinski definition) is 0. The summed E-state index contributed by atoms with van der Waals surface area (Å²) in [5.41, 5.74) is 0. The third-order valence-electron chi connectivity index (χ3n) is 5.17. The van der Waals surface area contributed by atoms with Crippen molar-refractivity contribution in [1.82, 2.24) is 9.80 Å². The van der Waals surface area contributed by atoms with Crippen molar-refractivity contribution in [3.8, 4) is 0 Å². The Hall–Kier alpha value is -3.23. The fourth-order valence-corrected chi connectivity index (χ4v) is 3.57. The van der Waals surface area contributed by atoms with Gasteiger partial charge in [-0.15, -0.1) is 0 Å². The van der Waals surface area contributed by atoms with Crippen LogP contribution in [0.3, 0.4) is 0 Å². The summed E-state index contributed by atoms with van der Waals surface area (Å²) in [5, 5.41) is 0. The summed E-state index contributed by atoms with van der Waals surface area (Å²) >= 11 is 0. The van der Waals surface area contributed by atoms with E-state index in [1.54, 1.807) is 6.92 Å². The van der Waals surface area contributed by atoms with E-state index < -0.39 is 17.9 Å². The number of amides is 3. The minimum Gasteiger partial charge on any atom is -0.494 e. The van der Waals surface area contributed by atoms with Gasteiger partial charge in [-0.25, -0.2) is 0 Å². The Labute approximate surface area is 194 Å². The minimum atomic E-state index is -0.554. The van der Waals surface area contributed by atoms with Crippen molar-refractivity contribution in [2.24, 2.45) is 0 Å². The number of ether oxygens (including phenoxy) is 2. The highest BCUT2D eigenvalue weighted by molar-refractivity contribution is 6.12. The monoisotopic (exact) mass is 460 g/mol. The van der Waals surface area contributed by atoms with Crippen molar-refractivity contribution < 1.29 is 33.4 Å². The second-order valence-corrected chi connectivity index (χ2v) is 8.32.